The molecule has 0 aliphatic carbocycles. The average Bonchev–Trinajstić information content (AvgIpc) is 3.22. The molecule has 0 aromatic carbocycles. The number of hydrogen-bond acceptors (Lipinski definition) is 8. The number of nitrogens with one attached hydrogen (secondary N) is 1. The van der Waals surface area contributed by atoms with Crippen molar-refractivity contribution in [2.24, 2.45) is 0 Å². The molecule has 1 amide bonds. The van der Waals surface area contributed by atoms with Crippen LogP contribution in [-0.4, -0.2) is 33.0 Å². The van der Waals surface area contributed by atoms with E-state index in [1.807, 2.05) is 13.0 Å². The Morgan fingerprint density at radius 2 is 2.28 bits per heavy atom. The quantitative estimate of drug-likeness (QED) is 0.666. The summed E-state index contributed by atoms with van der Waals surface area (Å²) in [4.78, 5) is 24.0. The van der Waals surface area contributed by atoms with Gasteiger partial charge in [-0.1, -0.05) is 18.3 Å². The number of aryl methyl sites for hydroxylation is 1. The Balaban J connectivity index is 1.82. The zero-order valence-corrected chi connectivity index (χ0v) is 15.5. The average molecular weight is 426 g/mol. The lowest BCUT2D eigenvalue weighted by molar-refractivity contribution is 0.0991. The predicted molar refractivity (Wildman–Crippen MR) is 93.6 cm³/mol. The van der Waals surface area contributed by atoms with Crippen molar-refractivity contribution in [1.82, 2.24) is 20.0 Å². The number of hydrogen-bond donors (Lipinski definition) is 1. The van der Waals surface area contributed by atoms with E-state index in [4.69, 9.17) is 9.15 Å². The van der Waals surface area contributed by atoms with E-state index >= 15 is 0 Å². The molecule has 3 heterocycles. The first-order valence-corrected chi connectivity index (χ1v) is 8.70. The summed E-state index contributed by atoms with van der Waals surface area (Å²) in [7, 11) is 1.33. The van der Waals surface area contributed by atoms with Crippen LogP contribution in [0.15, 0.2) is 32.0 Å². The molecule has 0 aliphatic heterocycles. The Labute approximate surface area is 153 Å². The van der Waals surface area contributed by atoms with Crippen molar-refractivity contribution in [1.29, 1.82) is 0 Å². The van der Waals surface area contributed by atoms with Crippen molar-refractivity contribution in [3.05, 3.63) is 44.7 Å². The summed E-state index contributed by atoms with van der Waals surface area (Å²) in [6.07, 6.45) is 2.45. The maximum atomic E-state index is 12.2. The lowest BCUT2D eigenvalue weighted by Crippen LogP contribution is -2.15. The molecule has 0 aliphatic rings. The fraction of sp³-hybridized carbons (Fsp3) is 0.214. The van der Waals surface area contributed by atoms with Crippen LogP contribution in [0.25, 0.3) is 5.13 Å². The maximum absolute atomic E-state index is 12.2. The smallest absolute Gasteiger partial charge is 0.380 e. The van der Waals surface area contributed by atoms with E-state index in [2.05, 4.69) is 36.5 Å². The molecule has 1 N–H and O–H groups in total. The number of aromatic nitrogens is 4. The van der Waals surface area contributed by atoms with Crippen LogP contribution >= 0.6 is 27.3 Å². The maximum Gasteiger partial charge on any atom is 0.380 e. The van der Waals surface area contributed by atoms with Gasteiger partial charge in [0.15, 0.2) is 5.76 Å². The van der Waals surface area contributed by atoms with Crippen molar-refractivity contribution in [3.63, 3.8) is 0 Å². The molecule has 3 aromatic heterocycles. The lowest BCUT2D eigenvalue weighted by Gasteiger charge is -2.03. The summed E-state index contributed by atoms with van der Waals surface area (Å²) in [5.41, 5.74) is 0.211. The summed E-state index contributed by atoms with van der Waals surface area (Å²) in [5.74, 6) is -0.817. The summed E-state index contributed by atoms with van der Waals surface area (Å²) in [6.45, 7) is 2.00. The Morgan fingerprint density at radius 1 is 1.48 bits per heavy atom. The van der Waals surface area contributed by atoms with Gasteiger partial charge >= 0.3 is 5.63 Å². The van der Waals surface area contributed by atoms with Gasteiger partial charge in [0.05, 0.1) is 11.6 Å². The van der Waals surface area contributed by atoms with E-state index in [9.17, 15) is 9.59 Å². The summed E-state index contributed by atoms with van der Waals surface area (Å²) in [6, 6.07) is 3.23. The van der Waals surface area contributed by atoms with Crippen molar-refractivity contribution in [3.8, 4) is 10.9 Å². The zero-order chi connectivity index (χ0) is 18.0. The van der Waals surface area contributed by atoms with Gasteiger partial charge in [0.2, 0.25) is 16.0 Å². The van der Waals surface area contributed by atoms with Crippen LogP contribution in [0.4, 0.5) is 5.13 Å². The highest BCUT2D eigenvalue weighted by molar-refractivity contribution is 9.10. The Kier molecular flexibility index (Phi) is 4.95. The van der Waals surface area contributed by atoms with Crippen LogP contribution in [0.3, 0.4) is 0 Å². The number of carbonyl (C=O) groups excluding carboxylic acids is 1. The van der Waals surface area contributed by atoms with Crippen LogP contribution in [0.1, 0.15) is 23.2 Å². The van der Waals surface area contributed by atoms with Crippen LogP contribution in [0.5, 0.6) is 5.75 Å². The Morgan fingerprint density at radius 3 is 2.96 bits per heavy atom. The molecule has 0 bridgehead atoms. The first-order chi connectivity index (χ1) is 12.0. The number of halogens is 1. The van der Waals surface area contributed by atoms with Gasteiger partial charge in [-0.05, 0) is 28.4 Å². The number of methoxy groups -OCH3 is 1. The third-order valence-corrected chi connectivity index (χ3v) is 4.59. The molecule has 25 heavy (non-hydrogen) atoms. The van der Waals surface area contributed by atoms with Gasteiger partial charge in [-0.3, -0.25) is 10.1 Å². The van der Waals surface area contributed by atoms with E-state index in [1.54, 1.807) is 10.9 Å². The van der Waals surface area contributed by atoms with Gasteiger partial charge in [-0.15, -0.1) is 10.2 Å². The van der Waals surface area contributed by atoms with Gasteiger partial charge in [-0.2, -0.15) is 5.10 Å². The van der Waals surface area contributed by atoms with E-state index < -0.39 is 11.5 Å². The molecule has 0 fully saturated rings. The fourth-order valence-electron chi connectivity index (χ4n) is 2.03. The molecule has 9 nitrogen and oxygen atoms in total. The monoisotopic (exact) mass is 425 g/mol. The van der Waals surface area contributed by atoms with Gasteiger partial charge in [0, 0.05) is 18.0 Å². The van der Waals surface area contributed by atoms with Crippen molar-refractivity contribution in [2.75, 3.05) is 12.4 Å². The molecule has 0 saturated carbocycles. The number of anilines is 1. The van der Waals surface area contributed by atoms with Crippen LogP contribution < -0.4 is 15.7 Å². The normalized spacial score (nSPS) is 10.7. The number of rotatable bonds is 5. The molecule has 3 rings (SSSR count). The SMILES string of the molecule is CCc1ccnn1-c1nnc(NC(=O)c2cc(Br)c(OC)c(=O)o2)s1. The van der Waals surface area contributed by atoms with Gasteiger partial charge in [-0.25, -0.2) is 9.48 Å². The van der Waals surface area contributed by atoms with E-state index in [-0.39, 0.29) is 16.6 Å². The zero-order valence-electron chi connectivity index (χ0n) is 13.1. The van der Waals surface area contributed by atoms with Crippen molar-refractivity contribution >= 4 is 38.3 Å². The summed E-state index contributed by atoms with van der Waals surface area (Å²) < 4.78 is 11.8. The molecule has 0 saturated heterocycles. The van der Waals surface area contributed by atoms with Gasteiger partial charge in [0.25, 0.3) is 5.91 Å². The summed E-state index contributed by atoms with van der Waals surface area (Å²) >= 11 is 4.31. The van der Waals surface area contributed by atoms with Crippen LogP contribution in [0.2, 0.25) is 0 Å². The van der Waals surface area contributed by atoms with E-state index in [0.717, 1.165) is 23.5 Å². The molecule has 0 unspecified atom stereocenters. The topological polar surface area (TPSA) is 112 Å². The minimum Gasteiger partial charge on any atom is -0.489 e. The lowest BCUT2D eigenvalue weighted by atomic mass is 10.3. The second kappa shape index (κ2) is 7.15. The Hall–Kier alpha value is -2.53. The minimum absolute atomic E-state index is 0.0134. The first kappa shape index (κ1) is 17.3. The molecule has 0 radical (unpaired) electrons. The van der Waals surface area contributed by atoms with E-state index in [0.29, 0.717) is 9.60 Å². The Bertz CT molecular complexity index is 980. The fourth-order valence-corrected chi connectivity index (χ4v) is 3.29. The van der Waals surface area contributed by atoms with Crippen molar-refractivity contribution in [2.45, 2.75) is 13.3 Å². The molecule has 0 atom stereocenters. The van der Waals surface area contributed by atoms with Gasteiger partial charge < -0.3 is 9.15 Å². The van der Waals surface area contributed by atoms with Crippen LogP contribution in [-0.2, 0) is 6.42 Å². The van der Waals surface area contributed by atoms with Crippen LogP contribution in [0, 0.1) is 0 Å². The molecular formula is C14H12BrN5O4S. The van der Waals surface area contributed by atoms with Gasteiger partial charge in [0.1, 0.15) is 0 Å². The third-order valence-electron chi connectivity index (χ3n) is 3.19. The van der Waals surface area contributed by atoms with E-state index in [1.165, 1.54) is 13.2 Å². The second-order valence-electron chi connectivity index (χ2n) is 4.71. The minimum atomic E-state index is -0.760. The predicted octanol–water partition coefficient (Wildman–Crippen LogP) is 2.26. The number of carbonyl (C=O) groups is 1. The molecular weight excluding hydrogens is 414 g/mol. The second-order valence-corrected chi connectivity index (χ2v) is 6.52. The number of nitrogens with zero attached hydrogens (tertiary/aromatic N) is 4. The highest BCUT2D eigenvalue weighted by atomic mass is 79.9. The molecule has 0 spiro atoms. The summed E-state index contributed by atoms with van der Waals surface area (Å²) in [5, 5.41) is 15.4. The molecule has 11 heteroatoms. The largest absolute Gasteiger partial charge is 0.489 e. The molecule has 3 aromatic rings. The first-order valence-electron chi connectivity index (χ1n) is 7.09. The third kappa shape index (κ3) is 3.46. The van der Waals surface area contributed by atoms with Crippen molar-refractivity contribution < 1.29 is 13.9 Å². The standard InChI is InChI=1S/C14H12BrN5O4S/c1-3-7-4-5-16-20(7)14-19-18-13(25-14)17-11(21)9-6-8(15)10(23-2)12(22)24-9/h4-6H,3H2,1-2H3,(H,17,18,21). The molecule has 130 valence electrons. The highest BCUT2D eigenvalue weighted by Crippen LogP contribution is 2.23. The number of ether oxygens (including phenoxy) is 1. The number of amides is 1. The highest BCUT2D eigenvalue weighted by Gasteiger charge is 2.18.